The summed E-state index contributed by atoms with van der Waals surface area (Å²) in [5.74, 6) is 0.176. The summed E-state index contributed by atoms with van der Waals surface area (Å²) in [6, 6.07) is 3.55. The predicted octanol–water partition coefficient (Wildman–Crippen LogP) is 4.02. The zero-order valence-electron chi connectivity index (χ0n) is 11.4. The highest BCUT2D eigenvalue weighted by Crippen LogP contribution is 2.35. The lowest BCUT2D eigenvalue weighted by molar-refractivity contribution is 0.0636. The van der Waals surface area contributed by atoms with Gasteiger partial charge in [0.2, 0.25) is 0 Å². The largest absolute Gasteiger partial charge is 0.335 e. The number of carbonyl (C=O) groups is 1. The maximum atomic E-state index is 12.7. The van der Waals surface area contributed by atoms with Gasteiger partial charge >= 0.3 is 0 Å². The van der Waals surface area contributed by atoms with Crippen LogP contribution in [-0.4, -0.2) is 35.5 Å². The van der Waals surface area contributed by atoms with Crippen LogP contribution >= 0.6 is 43.2 Å². The minimum absolute atomic E-state index is 0.176. The fraction of sp³-hybridized carbons (Fsp3) is 0.643. The van der Waals surface area contributed by atoms with E-state index in [-0.39, 0.29) is 5.91 Å². The third-order valence-corrected chi connectivity index (χ3v) is 7.59. The molecule has 20 heavy (non-hydrogen) atoms. The highest BCUT2D eigenvalue weighted by Gasteiger charge is 2.37. The summed E-state index contributed by atoms with van der Waals surface area (Å²) in [5.41, 5.74) is 0. The van der Waals surface area contributed by atoms with Crippen LogP contribution in [0, 0.1) is 0 Å². The van der Waals surface area contributed by atoms with Gasteiger partial charge in [-0.1, -0.05) is 0 Å². The number of thiophene rings is 1. The second-order valence-electron chi connectivity index (χ2n) is 5.59. The van der Waals surface area contributed by atoms with Gasteiger partial charge in [-0.3, -0.25) is 4.79 Å². The van der Waals surface area contributed by atoms with Gasteiger partial charge in [0, 0.05) is 29.1 Å². The monoisotopic (exact) mass is 420 g/mol. The number of halogens is 2. The summed E-state index contributed by atoms with van der Waals surface area (Å²) in [6.45, 7) is 2.87. The molecule has 2 aliphatic heterocycles. The second kappa shape index (κ2) is 6.07. The van der Waals surface area contributed by atoms with E-state index in [0.717, 1.165) is 32.5 Å². The van der Waals surface area contributed by atoms with E-state index in [1.165, 1.54) is 24.2 Å². The number of amides is 1. The molecule has 2 bridgehead atoms. The Labute approximate surface area is 140 Å². The second-order valence-corrected chi connectivity index (χ2v) is 8.81. The van der Waals surface area contributed by atoms with E-state index in [1.807, 2.05) is 6.07 Å². The molecule has 3 nitrogen and oxygen atoms in total. The van der Waals surface area contributed by atoms with E-state index in [1.54, 1.807) is 0 Å². The number of carbonyl (C=O) groups excluding carboxylic acids is 1. The molecule has 0 spiro atoms. The maximum absolute atomic E-state index is 12.7. The molecule has 3 rings (SSSR count). The van der Waals surface area contributed by atoms with Crippen LogP contribution in [0.3, 0.4) is 0 Å². The Morgan fingerprint density at radius 1 is 1.40 bits per heavy atom. The fourth-order valence-corrected chi connectivity index (χ4v) is 5.43. The SMILES string of the molecule is CCN(C(=O)c1cc(Br)c(Br)s1)C1CC2CCC(C1)N2. The molecule has 2 saturated heterocycles. The first-order valence-corrected chi connectivity index (χ1v) is 9.50. The van der Waals surface area contributed by atoms with Gasteiger partial charge < -0.3 is 10.2 Å². The van der Waals surface area contributed by atoms with Crippen molar-refractivity contribution in [2.45, 2.75) is 50.7 Å². The molecule has 2 aliphatic rings. The van der Waals surface area contributed by atoms with Crippen LogP contribution in [0.15, 0.2) is 14.3 Å². The molecule has 0 aromatic carbocycles. The van der Waals surface area contributed by atoms with Crippen molar-refractivity contribution in [2.75, 3.05) is 6.54 Å². The average Bonchev–Trinajstić information content (AvgIpc) is 2.94. The van der Waals surface area contributed by atoms with Crippen molar-refractivity contribution in [3.05, 3.63) is 19.2 Å². The van der Waals surface area contributed by atoms with Gasteiger partial charge in [-0.25, -0.2) is 0 Å². The number of hydrogen-bond donors (Lipinski definition) is 1. The van der Waals surface area contributed by atoms with Crippen LogP contribution in [0.2, 0.25) is 0 Å². The molecule has 2 unspecified atom stereocenters. The van der Waals surface area contributed by atoms with Crippen molar-refractivity contribution in [3.63, 3.8) is 0 Å². The van der Waals surface area contributed by atoms with E-state index >= 15 is 0 Å². The lowest BCUT2D eigenvalue weighted by Crippen LogP contribution is -2.50. The lowest BCUT2D eigenvalue weighted by Gasteiger charge is -2.37. The Bertz CT molecular complexity index is 488. The summed E-state index contributed by atoms with van der Waals surface area (Å²) in [6.07, 6.45) is 4.74. The minimum atomic E-state index is 0.176. The number of rotatable bonds is 3. The summed E-state index contributed by atoms with van der Waals surface area (Å²) in [4.78, 5) is 15.6. The number of nitrogens with one attached hydrogen (secondary N) is 1. The van der Waals surface area contributed by atoms with Gasteiger partial charge in [0.1, 0.15) is 0 Å². The molecule has 0 saturated carbocycles. The van der Waals surface area contributed by atoms with Gasteiger partial charge in [-0.05, 0) is 70.5 Å². The van der Waals surface area contributed by atoms with Crippen molar-refractivity contribution < 1.29 is 4.79 Å². The Morgan fingerprint density at radius 3 is 2.55 bits per heavy atom. The smallest absolute Gasteiger partial charge is 0.264 e. The van der Waals surface area contributed by atoms with Crippen molar-refractivity contribution in [1.82, 2.24) is 10.2 Å². The normalized spacial score (nSPS) is 28.6. The van der Waals surface area contributed by atoms with Crippen molar-refractivity contribution in [1.29, 1.82) is 0 Å². The highest BCUT2D eigenvalue weighted by molar-refractivity contribution is 9.13. The van der Waals surface area contributed by atoms with E-state index in [9.17, 15) is 4.79 Å². The molecular weight excluding hydrogens is 404 g/mol. The molecule has 0 aliphatic carbocycles. The molecule has 110 valence electrons. The topological polar surface area (TPSA) is 32.3 Å². The quantitative estimate of drug-likeness (QED) is 0.799. The molecule has 1 N–H and O–H groups in total. The molecule has 0 radical (unpaired) electrons. The Balaban J connectivity index is 1.77. The molecular formula is C14H18Br2N2OS. The van der Waals surface area contributed by atoms with E-state index in [0.29, 0.717) is 18.1 Å². The summed E-state index contributed by atoms with van der Waals surface area (Å²) in [5, 5.41) is 3.64. The average molecular weight is 422 g/mol. The Hall–Kier alpha value is 0.0900. The Morgan fingerprint density at radius 2 is 2.05 bits per heavy atom. The molecule has 3 heterocycles. The van der Waals surface area contributed by atoms with Crippen molar-refractivity contribution in [2.24, 2.45) is 0 Å². The molecule has 1 amide bonds. The molecule has 2 fully saturated rings. The van der Waals surface area contributed by atoms with Gasteiger partial charge in [0.05, 0.1) is 8.66 Å². The van der Waals surface area contributed by atoms with Gasteiger partial charge in [0.25, 0.3) is 5.91 Å². The van der Waals surface area contributed by atoms with Crippen LogP contribution < -0.4 is 5.32 Å². The molecule has 2 atom stereocenters. The summed E-state index contributed by atoms with van der Waals surface area (Å²) >= 11 is 8.45. The first kappa shape index (κ1) is 15.0. The number of nitrogens with zero attached hydrogens (tertiary/aromatic N) is 1. The van der Waals surface area contributed by atoms with E-state index in [2.05, 4.69) is 49.0 Å². The zero-order valence-corrected chi connectivity index (χ0v) is 15.4. The fourth-order valence-electron chi connectivity index (χ4n) is 3.44. The highest BCUT2D eigenvalue weighted by atomic mass is 79.9. The third-order valence-electron chi connectivity index (χ3n) is 4.35. The van der Waals surface area contributed by atoms with E-state index < -0.39 is 0 Å². The van der Waals surface area contributed by atoms with Crippen molar-refractivity contribution >= 4 is 49.1 Å². The van der Waals surface area contributed by atoms with Gasteiger partial charge in [-0.2, -0.15) is 0 Å². The standard InChI is InChI=1S/C14H18Br2N2OS/c1-2-18(10-5-8-3-4-9(6-10)17-8)14(19)12-7-11(15)13(16)20-12/h7-10,17H,2-6H2,1H3. The maximum Gasteiger partial charge on any atom is 0.264 e. The molecule has 1 aromatic heterocycles. The van der Waals surface area contributed by atoms with Gasteiger partial charge in [-0.15, -0.1) is 11.3 Å². The predicted molar refractivity (Wildman–Crippen MR) is 89.4 cm³/mol. The van der Waals surface area contributed by atoms with Crippen LogP contribution in [0.5, 0.6) is 0 Å². The zero-order chi connectivity index (χ0) is 14.3. The Kier molecular flexibility index (Phi) is 4.55. The van der Waals surface area contributed by atoms with E-state index in [4.69, 9.17) is 0 Å². The number of hydrogen-bond acceptors (Lipinski definition) is 3. The number of piperidine rings is 1. The number of fused-ring (bicyclic) bond motifs is 2. The first-order chi connectivity index (χ1) is 9.58. The third kappa shape index (κ3) is 2.85. The van der Waals surface area contributed by atoms with Crippen LogP contribution in [0.1, 0.15) is 42.3 Å². The summed E-state index contributed by atoms with van der Waals surface area (Å²) in [7, 11) is 0. The summed E-state index contributed by atoms with van der Waals surface area (Å²) < 4.78 is 1.95. The molecule has 1 aromatic rings. The van der Waals surface area contributed by atoms with Crippen molar-refractivity contribution in [3.8, 4) is 0 Å². The van der Waals surface area contributed by atoms with Crippen LogP contribution in [0.4, 0.5) is 0 Å². The van der Waals surface area contributed by atoms with Crippen LogP contribution in [0.25, 0.3) is 0 Å². The first-order valence-electron chi connectivity index (χ1n) is 7.10. The lowest BCUT2D eigenvalue weighted by atomic mass is 9.98. The minimum Gasteiger partial charge on any atom is -0.335 e. The van der Waals surface area contributed by atoms with Crippen LogP contribution in [-0.2, 0) is 0 Å². The van der Waals surface area contributed by atoms with Gasteiger partial charge in [0.15, 0.2) is 0 Å². The molecule has 6 heteroatoms.